The molecular formula is C16H28N4O. The average molecular weight is 292 g/mol. The topological polar surface area (TPSA) is 48.9 Å². The third kappa shape index (κ3) is 6.14. The van der Waals surface area contributed by atoms with Crippen LogP contribution >= 0.6 is 0 Å². The van der Waals surface area contributed by atoms with Crippen molar-refractivity contribution in [3.8, 4) is 0 Å². The van der Waals surface area contributed by atoms with Crippen molar-refractivity contribution in [1.29, 1.82) is 0 Å². The minimum absolute atomic E-state index is 0.218. The zero-order valence-electron chi connectivity index (χ0n) is 13.8. The molecule has 21 heavy (non-hydrogen) atoms. The fraction of sp³-hybridized carbons (Fsp3) is 0.562. The number of benzene rings is 1. The fourth-order valence-corrected chi connectivity index (χ4v) is 2.19. The van der Waals surface area contributed by atoms with E-state index in [1.54, 1.807) is 14.2 Å². The van der Waals surface area contributed by atoms with Crippen LogP contribution in [0.3, 0.4) is 0 Å². The molecule has 0 spiro atoms. The quantitative estimate of drug-likeness (QED) is 0.590. The number of methoxy groups -OCH3 is 1. The number of aliphatic imine (C=N–C) groups is 1. The maximum absolute atomic E-state index is 5.13. The number of hydrogen-bond acceptors (Lipinski definition) is 3. The molecule has 0 radical (unpaired) electrons. The lowest BCUT2D eigenvalue weighted by Gasteiger charge is -2.26. The number of ether oxygens (including phenoxy) is 1. The summed E-state index contributed by atoms with van der Waals surface area (Å²) in [5.41, 5.74) is 1.29. The summed E-state index contributed by atoms with van der Waals surface area (Å²) in [6.07, 6.45) is 0. The second-order valence-electron chi connectivity index (χ2n) is 5.34. The summed E-state index contributed by atoms with van der Waals surface area (Å²) in [5, 5.41) is 6.69. The highest BCUT2D eigenvalue weighted by atomic mass is 16.5. The molecule has 0 bridgehead atoms. The molecule has 5 nitrogen and oxygen atoms in total. The Balaban J connectivity index is 2.60. The summed E-state index contributed by atoms with van der Waals surface area (Å²) in [7, 11) is 7.65. The number of nitrogens with zero attached hydrogens (tertiary/aromatic N) is 2. The van der Waals surface area contributed by atoms with Crippen LogP contribution in [-0.2, 0) is 4.74 Å². The summed E-state index contributed by atoms with van der Waals surface area (Å²) < 4.78 is 5.13. The Morgan fingerprint density at radius 2 is 1.95 bits per heavy atom. The largest absolute Gasteiger partial charge is 0.383 e. The number of rotatable bonds is 7. The maximum atomic E-state index is 5.13. The Hall–Kier alpha value is -1.59. The highest BCUT2D eigenvalue weighted by molar-refractivity contribution is 5.79. The van der Waals surface area contributed by atoms with Gasteiger partial charge in [-0.3, -0.25) is 4.99 Å². The minimum Gasteiger partial charge on any atom is -0.383 e. The number of nitrogens with one attached hydrogen (secondary N) is 2. The third-order valence-electron chi connectivity index (χ3n) is 3.29. The molecule has 118 valence electrons. The molecule has 0 aliphatic rings. The molecule has 0 aliphatic carbocycles. The van der Waals surface area contributed by atoms with Crippen molar-refractivity contribution in [2.24, 2.45) is 4.99 Å². The number of guanidine groups is 1. The molecule has 2 N–H and O–H groups in total. The smallest absolute Gasteiger partial charge is 0.191 e. The lowest BCUT2D eigenvalue weighted by molar-refractivity contribution is 0.179. The Bertz CT molecular complexity index is 420. The Morgan fingerprint density at radius 1 is 1.29 bits per heavy atom. The Morgan fingerprint density at radius 3 is 2.48 bits per heavy atom. The summed E-state index contributed by atoms with van der Waals surface area (Å²) in [5.74, 6) is 0.794. The van der Waals surface area contributed by atoms with Crippen LogP contribution in [0.1, 0.15) is 18.5 Å². The molecule has 5 heteroatoms. The molecule has 0 aliphatic heterocycles. The van der Waals surface area contributed by atoms with Crippen molar-refractivity contribution in [3.63, 3.8) is 0 Å². The monoisotopic (exact) mass is 292 g/mol. The number of likely N-dealkylation sites (N-methyl/N-ethyl adjacent to an activating group) is 1. The van der Waals surface area contributed by atoms with Gasteiger partial charge in [-0.25, -0.2) is 0 Å². The Labute approximate surface area is 128 Å². The molecule has 0 fully saturated rings. The van der Waals surface area contributed by atoms with Gasteiger partial charge in [-0.15, -0.1) is 0 Å². The van der Waals surface area contributed by atoms with Gasteiger partial charge in [-0.1, -0.05) is 30.3 Å². The summed E-state index contributed by atoms with van der Waals surface area (Å²) in [6, 6.07) is 11.0. The molecule has 0 heterocycles. The van der Waals surface area contributed by atoms with Gasteiger partial charge in [0.2, 0.25) is 0 Å². The fourth-order valence-electron chi connectivity index (χ4n) is 2.19. The summed E-state index contributed by atoms with van der Waals surface area (Å²) in [4.78, 5) is 6.46. The van der Waals surface area contributed by atoms with E-state index in [-0.39, 0.29) is 6.04 Å². The second kappa shape index (κ2) is 9.37. The van der Waals surface area contributed by atoms with E-state index in [0.29, 0.717) is 12.6 Å². The van der Waals surface area contributed by atoms with Crippen LogP contribution in [-0.4, -0.2) is 58.3 Å². The van der Waals surface area contributed by atoms with E-state index in [0.717, 1.165) is 12.5 Å². The van der Waals surface area contributed by atoms with Gasteiger partial charge in [0.05, 0.1) is 12.6 Å². The van der Waals surface area contributed by atoms with Gasteiger partial charge in [0, 0.05) is 26.7 Å². The third-order valence-corrected chi connectivity index (χ3v) is 3.29. The van der Waals surface area contributed by atoms with Gasteiger partial charge >= 0.3 is 0 Å². The predicted molar refractivity (Wildman–Crippen MR) is 88.7 cm³/mol. The van der Waals surface area contributed by atoms with Crippen LogP contribution < -0.4 is 10.6 Å². The molecule has 0 saturated carbocycles. The van der Waals surface area contributed by atoms with Crippen molar-refractivity contribution in [1.82, 2.24) is 15.5 Å². The molecule has 2 unspecified atom stereocenters. The van der Waals surface area contributed by atoms with E-state index in [1.807, 2.05) is 6.07 Å². The molecule has 0 aromatic heterocycles. The standard InChI is InChI=1S/C16H28N4O/c1-13(12-21-5)19-16(17-2)18-11-15(20(3)4)14-9-7-6-8-10-14/h6-10,13,15H,11-12H2,1-5H3,(H2,17,18,19). The van der Waals surface area contributed by atoms with Crippen molar-refractivity contribution in [3.05, 3.63) is 35.9 Å². The van der Waals surface area contributed by atoms with Crippen LogP contribution in [0.15, 0.2) is 35.3 Å². The first-order chi connectivity index (χ1) is 10.1. The van der Waals surface area contributed by atoms with Gasteiger partial charge < -0.3 is 20.3 Å². The molecule has 2 atom stereocenters. The van der Waals surface area contributed by atoms with Gasteiger partial charge in [0.25, 0.3) is 0 Å². The molecule has 1 aromatic carbocycles. The van der Waals surface area contributed by atoms with Crippen molar-refractivity contribution >= 4 is 5.96 Å². The van der Waals surface area contributed by atoms with Crippen LogP contribution in [0.5, 0.6) is 0 Å². The summed E-state index contributed by atoms with van der Waals surface area (Å²) in [6.45, 7) is 3.50. The minimum atomic E-state index is 0.218. The van der Waals surface area contributed by atoms with E-state index < -0.39 is 0 Å². The molecule has 1 aromatic rings. The van der Waals surface area contributed by atoms with Crippen LogP contribution in [0, 0.1) is 0 Å². The van der Waals surface area contributed by atoms with Gasteiger partial charge in [0.15, 0.2) is 5.96 Å². The van der Waals surface area contributed by atoms with Crippen molar-refractivity contribution in [2.45, 2.75) is 19.0 Å². The lowest BCUT2D eigenvalue weighted by atomic mass is 10.1. The molecular weight excluding hydrogens is 264 g/mol. The maximum Gasteiger partial charge on any atom is 0.191 e. The van der Waals surface area contributed by atoms with Crippen molar-refractivity contribution in [2.75, 3.05) is 41.4 Å². The molecule has 0 amide bonds. The van der Waals surface area contributed by atoms with E-state index in [2.05, 4.69) is 65.8 Å². The first kappa shape index (κ1) is 17.5. The van der Waals surface area contributed by atoms with Crippen molar-refractivity contribution < 1.29 is 4.74 Å². The second-order valence-corrected chi connectivity index (χ2v) is 5.34. The van der Waals surface area contributed by atoms with Gasteiger partial charge in [-0.2, -0.15) is 0 Å². The highest BCUT2D eigenvalue weighted by Crippen LogP contribution is 2.16. The van der Waals surface area contributed by atoms with Crippen LogP contribution in [0.25, 0.3) is 0 Å². The first-order valence-corrected chi connectivity index (χ1v) is 7.26. The van der Waals surface area contributed by atoms with E-state index in [9.17, 15) is 0 Å². The highest BCUT2D eigenvalue weighted by Gasteiger charge is 2.14. The summed E-state index contributed by atoms with van der Waals surface area (Å²) >= 11 is 0. The first-order valence-electron chi connectivity index (χ1n) is 7.26. The van der Waals surface area contributed by atoms with Crippen LogP contribution in [0.4, 0.5) is 0 Å². The molecule has 0 saturated heterocycles. The Kier molecular flexibility index (Phi) is 7.79. The average Bonchev–Trinajstić information content (AvgIpc) is 2.47. The number of hydrogen-bond donors (Lipinski definition) is 2. The normalized spacial score (nSPS) is 14.9. The van der Waals surface area contributed by atoms with E-state index >= 15 is 0 Å². The van der Waals surface area contributed by atoms with E-state index in [1.165, 1.54) is 5.56 Å². The lowest BCUT2D eigenvalue weighted by Crippen LogP contribution is -2.46. The van der Waals surface area contributed by atoms with Crippen LogP contribution in [0.2, 0.25) is 0 Å². The van der Waals surface area contributed by atoms with Gasteiger partial charge in [0.1, 0.15) is 0 Å². The zero-order chi connectivity index (χ0) is 15.7. The predicted octanol–water partition coefficient (Wildman–Crippen LogP) is 1.49. The van der Waals surface area contributed by atoms with Gasteiger partial charge in [-0.05, 0) is 26.6 Å². The molecule has 1 rings (SSSR count). The van der Waals surface area contributed by atoms with E-state index in [4.69, 9.17) is 4.74 Å². The zero-order valence-corrected chi connectivity index (χ0v) is 13.8. The SMILES string of the molecule is CN=C(NCC(c1ccccc1)N(C)C)NC(C)COC.